The Hall–Kier alpha value is -1.97. The van der Waals surface area contributed by atoms with Gasteiger partial charge in [0.15, 0.2) is 6.29 Å². The van der Waals surface area contributed by atoms with Gasteiger partial charge in [-0.1, -0.05) is 12.1 Å². The minimum Gasteiger partial charge on any atom is -0.329 e. The fourth-order valence-electron chi connectivity index (χ4n) is 1.61. The predicted molar refractivity (Wildman–Crippen MR) is 58.7 cm³/mol. The molecule has 0 bridgehead atoms. The average molecular weight is 218 g/mol. The molecule has 0 spiro atoms. The molecule has 1 heterocycles. The van der Waals surface area contributed by atoms with Gasteiger partial charge in [0.05, 0.1) is 0 Å². The largest absolute Gasteiger partial charge is 0.329 e. The molecule has 2 aromatic rings. The van der Waals surface area contributed by atoms with E-state index in [1.165, 1.54) is 6.07 Å². The summed E-state index contributed by atoms with van der Waals surface area (Å²) in [7, 11) is 1.73. The van der Waals surface area contributed by atoms with Gasteiger partial charge in [-0.25, -0.2) is 9.37 Å². The molecule has 0 saturated heterocycles. The van der Waals surface area contributed by atoms with Crippen LogP contribution in [0.2, 0.25) is 0 Å². The number of aldehydes is 1. The van der Waals surface area contributed by atoms with Crippen molar-refractivity contribution in [2.75, 3.05) is 0 Å². The first-order chi connectivity index (χ1) is 7.65. The Morgan fingerprint density at radius 3 is 2.69 bits per heavy atom. The number of imidazole rings is 1. The van der Waals surface area contributed by atoms with Crippen LogP contribution in [-0.2, 0) is 7.05 Å². The number of carbonyl (C=O) groups is 1. The van der Waals surface area contributed by atoms with Crippen molar-refractivity contribution in [2.45, 2.75) is 6.92 Å². The van der Waals surface area contributed by atoms with Crippen LogP contribution in [0.25, 0.3) is 11.3 Å². The molecule has 3 nitrogen and oxygen atoms in total. The van der Waals surface area contributed by atoms with Crippen LogP contribution in [0.4, 0.5) is 4.39 Å². The lowest BCUT2D eigenvalue weighted by Gasteiger charge is -2.00. The quantitative estimate of drug-likeness (QED) is 0.725. The Labute approximate surface area is 92.5 Å². The fourth-order valence-corrected chi connectivity index (χ4v) is 1.61. The van der Waals surface area contributed by atoms with Gasteiger partial charge in [0.2, 0.25) is 0 Å². The Morgan fingerprint density at radius 2 is 2.06 bits per heavy atom. The van der Waals surface area contributed by atoms with Crippen molar-refractivity contribution in [3.05, 3.63) is 41.6 Å². The molecule has 0 aliphatic carbocycles. The summed E-state index contributed by atoms with van der Waals surface area (Å²) in [6, 6.07) is 6.30. The first kappa shape index (κ1) is 10.5. The van der Waals surface area contributed by atoms with Crippen LogP contribution < -0.4 is 0 Å². The maximum absolute atomic E-state index is 13.6. The molecular formula is C12H11FN2O. The van der Waals surface area contributed by atoms with Crippen molar-refractivity contribution in [1.82, 2.24) is 9.55 Å². The Bertz CT molecular complexity index is 546. The lowest BCUT2D eigenvalue weighted by Crippen LogP contribution is -1.97. The highest BCUT2D eigenvalue weighted by atomic mass is 19.1. The lowest BCUT2D eigenvalue weighted by molar-refractivity contribution is 0.111. The van der Waals surface area contributed by atoms with E-state index in [0.717, 1.165) is 0 Å². The van der Waals surface area contributed by atoms with E-state index in [2.05, 4.69) is 4.98 Å². The van der Waals surface area contributed by atoms with Crippen molar-refractivity contribution in [1.29, 1.82) is 0 Å². The summed E-state index contributed by atoms with van der Waals surface area (Å²) in [4.78, 5) is 15.2. The van der Waals surface area contributed by atoms with Gasteiger partial charge in [0.25, 0.3) is 0 Å². The number of halogens is 1. The molecule has 0 amide bonds. The van der Waals surface area contributed by atoms with E-state index < -0.39 is 0 Å². The van der Waals surface area contributed by atoms with E-state index in [-0.39, 0.29) is 5.82 Å². The molecule has 0 radical (unpaired) electrons. The third-order valence-corrected chi connectivity index (χ3v) is 2.60. The van der Waals surface area contributed by atoms with Gasteiger partial charge in [0, 0.05) is 12.6 Å². The average Bonchev–Trinajstić information content (AvgIpc) is 2.56. The zero-order valence-corrected chi connectivity index (χ0v) is 9.07. The molecule has 0 aliphatic heterocycles. The summed E-state index contributed by atoms with van der Waals surface area (Å²) in [6.45, 7) is 1.78. The molecule has 0 fully saturated rings. The zero-order chi connectivity index (χ0) is 11.7. The van der Waals surface area contributed by atoms with Crippen LogP contribution in [0.3, 0.4) is 0 Å². The van der Waals surface area contributed by atoms with Crippen LogP contribution >= 0.6 is 0 Å². The highest BCUT2D eigenvalue weighted by Gasteiger charge is 2.15. The third kappa shape index (κ3) is 1.52. The van der Waals surface area contributed by atoms with E-state index in [0.29, 0.717) is 29.1 Å². The van der Waals surface area contributed by atoms with Crippen LogP contribution in [0.5, 0.6) is 0 Å². The first-order valence-corrected chi connectivity index (χ1v) is 4.88. The number of benzene rings is 1. The van der Waals surface area contributed by atoms with Gasteiger partial charge in [-0.3, -0.25) is 4.79 Å². The van der Waals surface area contributed by atoms with E-state index in [9.17, 15) is 9.18 Å². The van der Waals surface area contributed by atoms with Crippen LogP contribution in [-0.4, -0.2) is 15.8 Å². The van der Waals surface area contributed by atoms with Crippen molar-refractivity contribution in [2.24, 2.45) is 7.05 Å². The highest BCUT2D eigenvalue weighted by molar-refractivity contribution is 5.84. The maximum atomic E-state index is 13.6. The summed E-state index contributed by atoms with van der Waals surface area (Å²) < 4.78 is 15.2. The van der Waals surface area contributed by atoms with Crippen LogP contribution in [0, 0.1) is 12.7 Å². The number of hydrogen-bond acceptors (Lipinski definition) is 2. The predicted octanol–water partition coefficient (Wildman–Crippen LogP) is 2.35. The van der Waals surface area contributed by atoms with E-state index >= 15 is 0 Å². The van der Waals surface area contributed by atoms with Gasteiger partial charge in [0.1, 0.15) is 23.0 Å². The van der Waals surface area contributed by atoms with Crippen molar-refractivity contribution in [3.8, 4) is 11.3 Å². The maximum Gasteiger partial charge on any atom is 0.168 e. The fraction of sp³-hybridized carbons (Fsp3) is 0.167. The highest BCUT2D eigenvalue weighted by Crippen LogP contribution is 2.24. The minimum absolute atomic E-state index is 0.355. The molecule has 4 heteroatoms. The third-order valence-electron chi connectivity index (χ3n) is 2.60. The molecule has 1 aromatic heterocycles. The normalized spacial score (nSPS) is 10.4. The standard InChI is InChI=1S/C12H11FN2O/c1-8-14-12(11(7-16)15(8)2)9-5-3-4-6-10(9)13/h3-7H,1-2H3. The molecule has 2 rings (SSSR count). The number of carbonyl (C=O) groups excluding carboxylic acids is 1. The summed E-state index contributed by atoms with van der Waals surface area (Å²) in [5, 5.41) is 0. The van der Waals surface area contributed by atoms with E-state index in [4.69, 9.17) is 0 Å². The number of hydrogen-bond donors (Lipinski definition) is 0. The number of aromatic nitrogens is 2. The summed E-state index contributed by atoms with van der Waals surface area (Å²) in [5.41, 5.74) is 1.14. The second kappa shape index (κ2) is 3.89. The molecule has 0 unspecified atom stereocenters. The lowest BCUT2D eigenvalue weighted by atomic mass is 10.1. The zero-order valence-electron chi connectivity index (χ0n) is 9.07. The first-order valence-electron chi connectivity index (χ1n) is 4.88. The Kier molecular flexibility index (Phi) is 2.56. The second-order valence-electron chi connectivity index (χ2n) is 3.55. The van der Waals surface area contributed by atoms with Crippen LogP contribution in [0.15, 0.2) is 24.3 Å². The summed E-state index contributed by atoms with van der Waals surface area (Å²) in [6.07, 6.45) is 0.696. The van der Waals surface area contributed by atoms with Crippen LogP contribution in [0.1, 0.15) is 16.3 Å². The minimum atomic E-state index is -0.372. The SMILES string of the molecule is Cc1nc(-c2ccccc2F)c(C=O)n1C. The van der Waals surface area contributed by atoms with Gasteiger partial charge in [-0.05, 0) is 19.1 Å². The van der Waals surface area contributed by atoms with E-state index in [1.54, 1.807) is 36.7 Å². The smallest absolute Gasteiger partial charge is 0.168 e. The molecule has 0 N–H and O–H groups in total. The van der Waals surface area contributed by atoms with Gasteiger partial charge >= 0.3 is 0 Å². The Morgan fingerprint density at radius 1 is 1.38 bits per heavy atom. The second-order valence-corrected chi connectivity index (χ2v) is 3.55. The molecular weight excluding hydrogens is 207 g/mol. The van der Waals surface area contributed by atoms with Crippen molar-refractivity contribution in [3.63, 3.8) is 0 Å². The summed E-state index contributed by atoms with van der Waals surface area (Å²) >= 11 is 0. The number of rotatable bonds is 2. The summed E-state index contributed by atoms with van der Waals surface area (Å²) in [5.74, 6) is 0.309. The molecule has 0 atom stereocenters. The van der Waals surface area contributed by atoms with E-state index in [1.807, 2.05) is 0 Å². The molecule has 0 aliphatic rings. The monoisotopic (exact) mass is 218 g/mol. The topological polar surface area (TPSA) is 34.9 Å². The van der Waals surface area contributed by atoms with Crippen molar-refractivity contribution < 1.29 is 9.18 Å². The Balaban J connectivity index is 2.69. The van der Waals surface area contributed by atoms with Gasteiger partial charge < -0.3 is 4.57 Å². The molecule has 16 heavy (non-hydrogen) atoms. The molecule has 1 aromatic carbocycles. The van der Waals surface area contributed by atoms with Gasteiger partial charge in [-0.2, -0.15) is 0 Å². The van der Waals surface area contributed by atoms with Gasteiger partial charge in [-0.15, -0.1) is 0 Å². The number of nitrogens with zero attached hydrogens (tertiary/aromatic N) is 2. The van der Waals surface area contributed by atoms with Crippen molar-refractivity contribution >= 4 is 6.29 Å². The number of aryl methyl sites for hydroxylation is 1. The molecule has 0 saturated carbocycles. The molecule has 82 valence electrons.